The van der Waals surface area contributed by atoms with Crippen molar-refractivity contribution in [3.63, 3.8) is 0 Å². The fraction of sp³-hybridized carbons (Fsp3) is 0.474. The summed E-state index contributed by atoms with van der Waals surface area (Å²) >= 11 is 0. The third-order valence-corrected chi connectivity index (χ3v) is 3.81. The van der Waals surface area contributed by atoms with Crippen LogP contribution in [0.15, 0.2) is 48.7 Å². The summed E-state index contributed by atoms with van der Waals surface area (Å²) in [7, 11) is 0. The van der Waals surface area contributed by atoms with E-state index in [2.05, 4.69) is 86.2 Å². The summed E-state index contributed by atoms with van der Waals surface area (Å²) < 4.78 is 2.30. The zero-order chi connectivity index (χ0) is 15.3. The molecule has 0 aliphatic rings. The smallest absolute Gasteiger partial charge is 0.0364 e. The standard InChI is InChI=1S/C19H28N2/c1-5-21-13-9-12-17(21)15-20-18(14-19(2,3)4)16-10-7-6-8-11-16/h6-13,18,20H,5,14-15H2,1-4H3. The molecule has 1 atom stereocenters. The van der Waals surface area contributed by atoms with Crippen LogP contribution < -0.4 is 5.32 Å². The van der Waals surface area contributed by atoms with E-state index < -0.39 is 0 Å². The Morgan fingerprint density at radius 1 is 1.05 bits per heavy atom. The monoisotopic (exact) mass is 284 g/mol. The summed E-state index contributed by atoms with van der Waals surface area (Å²) in [6.07, 6.45) is 3.28. The minimum absolute atomic E-state index is 0.306. The molecule has 0 aliphatic heterocycles. The predicted octanol–water partition coefficient (Wildman–Crippen LogP) is 4.78. The van der Waals surface area contributed by atoms with Crippen molar-refractivity contribution in [3.8, 4) is 0 Å². The van der Waals surface area contributed by atoms with Crippen molar-refractivity contribution in [1.82, 2.24) is 9.88 Å². The summed E-state index contributed by atoms with van der Waals surface area (Å²) in [5.74, 6) is 0. The molecule has 0 radical (unpaired) electrons. The number of nitrogens with one attached hydrogen (secondary N) is 1. The molecule has 2 heteroatoms. The van der Waals surface area contributed by atoms with Gasteiger partial charge in [0.25, 0.3) is 0 Å². The van der Waals surface area contributed by atoms with Gasteiger partial charge in [0.15, 0.2) is 0 Å². The maximum Gasteiger partial charge on any atom is 0.0364 e. The van der Waals surface area contributed by atoms with E-state index in [0.717, 1.165) is 19.5 Å². The van der Waals surface area contributed by atoms with Gasteiger partial charge in [-0.25, -0.2) is 0 Å². The lowest BCUT2D eigenvalue weighted by Gasteiger charge is -2.27. The van der Waals surface area contributed by atoms with Gasteiger partial charge in [-0.3, -0.25) is 0 Å². The van der Waals surface area contributed by atoms with Crippen LogP contribution in [-0.4, -0.2) is 4.57 Å². The zero-order valence-corrected chi connectivity index (χ0v) is 13.8. The van der Waals surface area contributed by atoms with Crippen LogP contribution in [0.5, 0.6) is 0 Å². The fourth-order valence-corrected chi connectivity index (χ4v) is 2.75. The van der Waals surface area contributed by atoms with Gasteiger partial charge in [-0.05, 0) is 36.5 Å². The molecule has 1 aromatic heterocycles. The van der Waals surface area contributed by atoms with Crippen molar-refractivity contribution < 1.29 is 0 Å². The highest BCUT2D eigenvalue weighted by Crippen LogP contribution is 2.29. The second kappa shape index (κ2) is 6.95. The molecule has 2 aromatic rings. The highest BCUT2D eigenvalue weighted by Gasteiger charge is 2.20. The van der Waals surface area contributed by atoms with Crippen LogP contribution >= 0.6 is 0 Å². The molecule has 1 heterocycles. The Morgan fingerprint density at radius 3 is 2.38 bits per heavy atom. The summed E-state index contributed by atoms with van der Waals surface area (Å²) in [5, 5.41) is 3.75. The maximum absolute atomic E-state index is 3.75. The van der Waals surface area contributed by atoms with Crippen molar-refractivity contribution in [2.45, 2.75) is 53.2 Å². The quantitative estimate of drug-likeness (QED) is 0.808. The first-order valence-corrected chi connectivity index (χ1v) is 7.92. The Bertz CT molecular complexity index is 534. The summed E-state index contributed by atoms with van der Waals surface area (Å²) in [5.41, 5.74) is 3.04. The highest BCUT2D eigenvalue weighted by atomic mass is 15.0. The van der Waals surface area contributed by atoms with Crippen LogP contribution in [-0.2, 0) is 13.1 Å². The van der Waals surface area contributed by atoms with Gasteiger partial charge in [0.2, 0.25) is 0 Å². The third-order valence-electron chi connectivity index (χ3n) is 3.81. The number of hydrogen-bond acceptors (Lipinski definition) is 1. The fourth-order valence-electron chi connectivity index (χ4n) is 2.75. The molecule has 2 nitrogen and oxygen atoms in total. The van der Waals surface area contributed by atoms with Crippen LogP contribution in [0.4, 0.5) is 0 Å². The number of aromatic nitrogens is 1. The van der Waals surface area contributed by atoms with Gasteiger partial charge in [0.05, 0.1) is 0 Å². The molecule has 0 amide bonds. The van der Waals surface area contributed by atoms with Gasteiger partial charge >= 0.3 is 0 Å². The Kier molecular flexibility index (Phi) is 5.24. The van der Waals surface area contributed by atoms with Crippen molar-refractivity contribution >= 4 is 0 Å². The van der Waals surface area contributed by atoms with Crippen LogP contribution in [0.2, 0.25) is 0 Å². The molecule has 1 N–H and O–H groups in total. The third kappa shape index (κ3) is 4.75. The van der Waals surface area contributed by atoms with Crippen molar-refractivity contribution in [2.75, 3.05) is 0 Å². The highest BCUT2D eigenvalue weighted by molar-refractivity contribution is 5.19. The molecule has 1 unspecified atom stereocenters. The Balaban J connectivity index is 2.09. The normalized spacial score (nSPS) is 13.3. The molecule has 0 saturated carbocycles. The van der Waals surface area contributed by atoms with E-state index in [9.17, 15) is 0 Å². The lowest BCUT2D eigenvalue weighted by molar-refractivity contribution is 0.309. The van der Waals surface area contributed by atoms with Gasteiger partial charge in [0, 0.05) is 31.0 Å². The van der Waals surface area contributed by atoms with Crippen LogP contribution in [0, 0.1) is 5.41 Å². The zero-order valence-electron chi connectivity index (χ0n) is 13.8. The number of nitrogens with zero attached hydrogens (tertiary/aromatic N) is 1. The van der Waals surface area contributed by atoms with Gasteiger partial charge in [-0.2, -0.15) is 0 Å². The first-order valence-electron chi connectivity index (χ1n) is 7.92. The Morgan fingerprint density at radius 2 is 1.76 bits per heavy atom. The summed E-state index contributed by atoms with van der Waals surface area (Å²) in [6.45, 7) is 11.0. The molecule has 0 bridgehead atoms. The van der Waals surface area contributed by atoms with Crippen molar-refractivity contribution in [2.24, 2.45) is 5.41 Å². The lowest BCUT2D eigenvalue weighted by atomic mass is 9.85. The van der Waals surface area contributed by atoms with E-state index in [0.29, 0.717) is 11.5 Å². The second-order valence-electron chi connectivity index (χ2n) is 6.89. The molecular weight excluding hydrogens is 256 g/mol. The molecule has 0 spiro atoms. The summed E-state index contributed by atoms with van der Waals surface area (Å²) in [4.78, 5) is 0. The van der Waals surface area contributed by atoms with Crippen LogP contribution in [0.1, 0.15) is 51.4 Å². The Labute approximate surface area is 129 Å². The average molecular weight is 284 g/mol. The SMILES string of the molecule is CCn1cccc1CNC(CC(C)(C)C)c1ccccc1. The molecule has 1 aromatic carbocycles. The molecule has 0 saturated heterocycles. The first kappa shape index (κ1) is 15.8. The molecule has 114 valence electrons. The van der Waals surface area contributed by atoms with Gasteiger partial charge in [-0.15, -0.1) is 0 Å². The molecular formula is C19H28N2. The molecule has 21 heavy (non-hydrogen) atoms. The topological polar surface area (TPSA) is 17.0 Å². The Hall–Kier alpha value is -1.54. The first-order chi connectivity index (χ1) is 9.99. The van der Waals surface area contributed by atoms with E-state index in [4.69, 9.17) is 0 Å². The minimum atomic E-state index is 0.306. The number of aryl methyl sites for hydroxylation is 1. The van der Waals surface area contributed by atoms with E-state index in [1.165, 1.54) is 11.3 Å². The van der Waals surface area contributed by atoms with Crippen LogP contribution in [0.25, 0.3) is 0 Å². The number of hydrogen-bond donors (Lipinski definition) is 1. The molecule has 2 rings (SSSR count). The second-order valence-corrected chi connectivity index (χ2v) is 6.89. The van der Waals surface area contributed by atoms with Crippen molar-refractivity contribution in [1.29, 1.82) is 0 Å². The van der Waals surface area contributed by atoms with Crippen LogP contribution in [0.3, 0.4) is 0 Å². The van der Waals surface area contributed by atoms with Gasteiger partial charge in [-0.1, -0.05) is 51.1 Å². The minimum Gasteiger partial charge on any atom is -0.351 e. The van der Waals surface area contributed by atoms with E-state index in [1.807, 2.05) is 0 Å². The number of rotatable bonds is 6. The van der Waals surface area contributed by atoms with Crippen molar-refractivity contribution in [3.05, 3.63) is 59.9 Å². The van der Waals surface area contributed by atoms with E-state index in [-0.39, 0.29) is 0 Å². The molecule has 0 fully saturated rings. The average Bonchev–Trinajstić information content (AvgIpc) is 2.90. The predicted molar refractivity (Wildman–Crippen MR) is 90.2 cm³/mol. The number of benzene rings is 1. The molecule has 0 aliphatic carbocycles. The van der Waals surface area contributed by atoms with E-state index >= 15 is 0 Å². The van der Waals surface area contributed by atoms with E-state index in [1.54, 1.807) is 0 Å². The van der Waals surface area contributed by atoms with Gasteiger partial charge in [0.1, 0.15) is 0 Å². The largest absolute Gasteiger partial charge is 0.351 e. The summed E-state index contributed by atoms with van der Waals surface area (Å²) in [6, 6.07) is 15.5. The van der Waals surface area contributed by atoms with Gasteiger partial charge < -0.3 is 9.88 Å². The maximum atomic E-state index is 3.75. The lowest BCUT2D eigenvalue weighted by Crippen LogP contribution is -2.26.